The minimum absolute atomic E-state index is 0.0236. The van der Waals surface area contributed by atoms with E-state index >= 15 is 0 Å². The van der Waals surface area contributed by atoms with Gasteiger partial charge in [-0.3, -0.25) is 0 Å². The van der Waals surface area contributed by atoms with E-state index in [1.807, 2.05) is 0 Å². The van der Waals surface area contributed by atoms with Crippen LogP contribution < -0.4 is 4.72 Å². The Bertz CT molecular complexity index is 745. The Morgan fingerprint density at radius 3 is 2.45 bits per heavy atom. The van der Waals surface area contributed by atoms with Gasteiger partial charge in [0.25, 0.3) is 0 Å². The van der Waals surface area contributed by atoms with Crippen LogP contribution in [-0.4, -0.2) is 47.0 Å². The highest BCUT2D eigenvalue weighted by atomic mass is 32.2. The lowest BCUT2D eigenvalue weighted by Crippen LogP contribution is -2.38. The summed E-state index contributed by atoms with van der Waals surface area (Å²) < 4.78 is 63.7. The van der Waals surface area contributed by atoms with Gasteiger partial charge in [-0.25, -0.2) is 25.9 Å². The number of aryl methyl sites for hydroxylation is 1. The third-order valence-electron chi connectivity index (χ3n) is 2.89. The fourth-order valence-corrected chi connectivity index (χ4v) is 3.61. The highest BCUT2D eigenvalue weighted by molar-refractivity contribution is 7.89. The molecule has 9 heteroatoms. The number of nitrogens with zero attached hydrogens (tertiary/aromatic N) is 1. The first kappa shape index (κ1) is 18.8. The second-order valence-corrected chi connectivity index (χ2v) is 8.47. The van der Waals surface area contributed by atoms with Crippen LogP contribution in [-0.2, 0) is 20.0 Å². The fraction of sp³-hybridized carbons (Fsp3) is 0.385. The van der Waals surface area contributed by atoms with Crippen molar-refractivity contribution in [1.82, 2.24) is 9.03 Å². The molecule has 124 valence electrons. The van der Waals surface area contributed by atoms with Crippen molar-refractivity contribution in [2.75, 3.05) is 25.9 Å². The smallest absolute Gasteiger partial charge is 0.212 e. The van der Waals surface area contributed by atoms with Gasteiger partial charge in [0, 0.05) is 19.6 Å². The van der Waals surface area contributed by atoms with Crippen molar-refractivity contribution in [3.05, 3.63) is 42.2 Å². The van der Waals surface area contributed by atoms with Crippen LogP contribution >= 0.6 is 0 Å². The normalized spacial score (nSPS) is 12.5. The molecule has 6 nitrogen and oxygen atoms in total. The van der Waals surface area contributed by atoms with Crippen LogP contribution in [0.25, 0.3) is 0 Å². The zero-order valence-corrected chi connectivity index (χ0v) is 14.0. The Balaban J connectivity index is 2.77. The molecule has 22 heavy (non-hydrogen) atoms. The molecule has 1 N–H and O–H groups in total. The lowest BCUT2D eigenvalue weighted by Gasteiger charge is -2.18. The van der Waals surface area contributed by atoms with E-state index in [0.29, 0.717) is 0 Å². The van der Waals surface area contributed by atoms with Crippen molar-refractivity contribution < 1.29 is 21.2 Å². The number of hydrogen-bond acceptors (Lipinski definition) is 4. The first-order valence-corrected chi connectivity index (χ1v) is 9.73. The molecule has 1 rings (SSSR count). The third-order valence-corrected chi connectivity index (χ3v) is 5.62. The number of benzene rings is 1. The Labute approximate surface area is 130 Å². The lowest BCUT2D eigenvalue weighted by atomic mass is 10.2. The Hall–Kier alpha value is -1.29. The van der Waals surface area contributed by atoms with Gasteiger partial charge in [0.1, 0.15) is 5.82 Å². The van der Waals surface area contributed by atoms with Gasteiger partial charge in [-0.05, 0) is 30.7 Å². The summed E-state index contributed by atoms with van der Waals surface area (Å²) in [6.07, 6.45) is 2.45. The SMILES string of the molecule is C=CCN(CCNS(=O)(=O)c1ccc(F)c(C)c1)S(C)(=O)=O. The lowest BCUT2D eigenvalue weighted by molar-refractivity contribution is 0.447. The molecule has 0 aliphatic carbocycles. The summed E-state index contributed by atoms with van der Waals surface area (Å²) in [5.41, 5.74) is 0.215. The van der Waals surface area contributed by atoms with Crippen LogP contribution in [0.15, 0.2) is 35.7 Å². The van der Waals surface area contributed by atoms with E-state index in [2.05, 4.69) is 11.3 Å². The van der Waals surface area contributed by atoms with Gasteiger partial charge in [0.15, 0.2) is 0 Å². The van der Waals surface area contributed by atoms with Crippen molar-refractivity contribution >= 4 is 20.0 Å². The second kappa shape index (κ2) is 7.32. The van der Waals surface area contributed by atoms with Crippen molar-refractivity contribution in [3.63, 3.8) is 0 Å². The van der Waals surface area contributed by atoms with Crippen LogP contribution in [0, 0.1) is 12.7 Å². The predicted molar refractivity (Wildman–Crippen MR) is 82.9 cm³/mol. The molecule has 0 bridgehead atoms. The fourth-order valence-electron chi connectivity index (χ4n) is 1.71. The Kier molecular flexibility index (Phi) is 6.24. The maximum Gasteiger partial charge on any atom is 0.240 e. The molecule has 0 saturated heterocycles. The minimum atomic E-state index is -3.82. The van der Waals surface area contributed by atoms with Gasteiger partial charge >= 0.3 is 0 Å². The van der Waals surface area contributed by atoms with Gasteiger partial charge in [0.05, 0.1) is 11.2 Å². The first-order valence-electron chi connectivity index (χ1n) is 6.40. The summed E-state index contributed by atoms with van der Waals surface area (Å²) in [5, 5.41) is 0. The molecule has 1 aromatic carbocycles. The quantitative estimate of drug-likeness (QED) is 0.705. The molecule has 0 fully saturated rings. The van der Waals surface area contributed by atoms with E-state index in [1.165, 1.54) is 19.1 Å². The zero-order valence-electron chi connectivity index (χ0n) is 12.4. The topological polar surface area (TPSA) is 83.6 Å². The van der Waals surface area contributed by atoms with Crippen LogP contribution in [0.2, 0.25) is 0 Å². The van der Waals surface area contributed by atoms with Gasteiger partial charge in [-0.1, -0.05) is 6.08 Å². The van der Waals surface area contributed by atoms with E-state index in [4.69, 9.17) is 0 Å². The third kappa shape index (κ3) is 5.16. The molecule has 0 aromatic heterocycles. The Morgan fingerprint density at radius 1 is 1.32 bits per heavy atom. The van der Waals surface area contributed by atoms with Gasteiger partial charge in [-0.2, -0.15) is 4.31 Å². The van der Waals surface area contributed by atoms with Crippen molar-refractivity contribution in [3.8, 4) is 0 Å². The highest BCUT2D eigenvalue weighted by Gasteiger charge is 2.18. The first-order chi connectivity index (χ1) is 10.1. The number of sulfonamides is 2. The molecule has 0 heterocycles. The van der Waals surface area contributed by atoms with E-state index in [0.717, 1.165) is 22.7 Å². The zero-order chi connectivity index (χ0) is 17.0. The van der Waals surface area contributed by atoms with E-state index in [-0.39, 0.29) is 30.1 Å². The molecule has 0 radical (unpaired) electrons. The molecule has 0 amide bonds. The summed E-state index contributed by atoms with van der Waals surface area (Å²) in [4.78, 5) is -0.0685. The van der Waals surface area contributed by atoms with Gasteiger partial charge < -0.3 is 0 Å². The molecule has 0 aliphatic rings. The predicted octanol–water partition coefficient (Wildman–Crippen LogP) is 0.860. The molecule has 0 saturated carbocycles. The number of rotatable bonds is 8. The minimum Gasteiger partial charge on any atom is -0.212 e. The maximum absolute atomic E-state index is 13.2. The Morgan fingerprint density at radius 2 is 1.95 bits per heavy atom. The average molecular weight is 350 g/mol. The van der Waals surface area contributed by atoms with Gasteiger partial charge in [0.2, 0.25) is 20.0 Å². The number of nitrogens with one attached hydrogen (secondary N) is 1. The molecular weight excluding hydrogens is 331 g/mol. The van der Waals surface area contributed by atoms with E-state index in [1.54, 1.807) is 0 Å². The summed E-state index contributed by atoms with van der Waals surface area (Å²) in [6, 6.07) is 3.45. The number of halogens is 1. The van der Waals surface area contributed by atoms with Crippen molar-refractivity contribution in [1.29, 1.82) is 0 Å². The molecular formula is C13H19FN2O4S2. The van der Waals surface area contributed by atoms with Crippen LogP contribution in [0.3, 0.4) is 0 Å². The molecule has 0 aliphatic heterocycles. The second-order valence-electron chi connectivity index (χ2n) is 4.72. The summed E-state index contributed by atoms with van der Waals surface area (Å²) in [6.45, 7) is 4.89. The highest BCUT2D eigenvalue weighted by Crippen LogP contribution is 2.13. The average Bonchev–Trinajstić information content (AvgIpc) is 2.39. The van der Waals surface area contributed by atoms with Crippen LogP contribution in [0.4, 0.5) is 4.39 Å². The molecule has 0 unspecified atom stereocenters. The maximum atomic E-state index is 13.2. The summed E-state index contributed by atoms with van der Waals surface area (Å²) in [5.74, 6) is -0.492. The van der Waals surface area contributed by atoms with E-state index < -0.39 is 25.9 Å². The van der Waals surface area contributed by atoms with Crippen LogP contribution in [0.1, 0.15) is 5.56 Å². The van der Waals surface area contributed by atoms with Crippen molar-refractivity contribution in [2.45, 2.75) is 11.8 Å². The number of hydrogen-bond donors (Lipinski definition) is 1. The standard InChI is InChI=1S/C13H19FN2O4S2/c1-4-8-16(21(3,17)18)9-7-15-22(19,20)12-5-6-13(14)11(2)10-12/h4-6,10,15H,1,7-9H2,2-3H3. The molecule has 0 atom stereocenters. The monoisotopic (exact) mass is 350 g/mol. The van der Waals surface area contributed by atoms with Crippen molar-refractivity contribution in [2.24, 2.45) is 0 Å². The summed E-state index contributed by atoms with van der Waals surface area (Å²) >= 11 is 0. The molecule has 0 spiro atoms. The molecule has 1 aromatic rings. The van der Waals surface area contributed by atoms with Gasteiger partial charge in [-0.15, -0.1) is 6.58 Å². The summed E-state index contributed by atoms with van der Waals surface area (Å²) in [7, 11) is -7.26. The van der Waals surface area contributed by atoms with E-state index in [9.17, 15) is 21.2 Å². The largest absolute Gasteiger partial charge is 0.240 e. The van der Waals surface area contributed by atoms with Crippen LogP contribution in [0.5, 0.6) is 0 Å².